The predicted molar refractivity (Wildman–Crippen MR) is 137 cm³/mol. The van der Waals surface area contributed by atoms with E-state index in [2.05, 4.69) is 12.1 Å². The Bertz CT molecular complexity index is 1420. The molecule has 3 aromatic rings. The van der Waals surface area contributed by atoms with Crippen LogP contribution in [0.2, 0.25) is 0 Å². The standard InChI is InChI=1S/C25H26N4O6S2/c30-18-8-10-25(11-9-18,17-4-2-1-3-5-17)23-26-24(36-27-23)28-12-14-29(15-13-28)37(34,35)19-6-7-20(22(32)33)21(31)16-19/h1-7,16,31H,8-15H2,(H,32,33). The minimum absolute atomic E-state index is 0.154. The number of carbonyl (C=O) groups is 2. The van der Waals surface area contributed by atoms with Gasteiger partial charge in [-0.2, -0.15) is 8.68 Å². The molecule has 0 atom stereocenters. The average molecular weight is 543 g/mol. The largest absolute Gasteiger partial charge is 0.507 e. The normalized spacial score (nSPS) is 18.6. The molecule has 12 heteroatoms. The van der Waals surface area contributed by atoms with E-state index in [0.717, 1.165) is 17.7 Å². The van der Waals surface area contributed by atoms with Gasteiger partial charge in [-0.05, 0) is 30.5 Å². The fraction of sp³-hybridized carbons (Fsp3) is 0.360. The van der Waals surface area contributed by atoms with Gasteiger partial charge in [-0.25, -0.2) is 18.2 Å². The maximum absolute atomic E-state index is 13.1. The molecular formula is C25H26N4O6S2. The molecule has 37 heavy (non-hydrogen) atoms. The summed E-state index contributed by atoms with van der Waals surface area (Å²) in [4.78, 5) is 29.9. The first-order chi connectivity index (χ1) is 17.7. The number of hydrogen-bond acceptors (Lipinski definition) is 9. The van der Waals surface area contributed by atoms with Crippen LogP contribution in [-0.4, -0.2) is 70.2 Å². The van der Waals surface area contributed by atoms with Crippen molar-refractivity contribution in [3.63, 3.8) is 0 Å². The van der Waals surface area contributed by atoms with Crippen LogP contribution in [0.5, 0.6) is 5.75 Å². The van der Waals surface area contributed by atoms with Crippen LogP contribution in [0.1, 0.15) is 47.4 Å². The Balaban J connectivity index is 1.32. The molecule has 2 aliphatic rings. The van der Waals surface area contributed by atoms with Gasteiger partial charge in [0.05, 0.1) is 10.3 Å². The van der Waals surface area contributed by atoms with E-state index >= 15 is 0 Å². The number of aromatic carboxylic acids is 1. The van der Waals surface area contributed by atoms with Gasteiger partial charge in [0.15, 0.2) is 5.82 Å². The van der Waals surface area contributed by atoms with Gasteiger partial charge in [0.1, 0.15) is 17.1 Å². The second kappa shape index (κ2) is 9.84. The molecule has 5 rings (SSSR count). The highest BCUT2D eigenvalue weighted by atomic mass is 32.2. The molecule has 1 saturated carbocycles. The number of phenols is 1. The highest BCUT2D eigenvalue weighted by Crippen LogP contribution is 2.43. The third-order valence-electron chi connectivity index (χ3n) is 7.18. The van der Waals surface area contributed by atoms with Crippen LogP contribution in [0.25, 0.3) is 0 Å². The molecule has 0 radical (unpaired) electrons. The molecular weight excluding hydrogens is 516 g/mol. The van der Waals surface area contributed by atoms with E-state index in [4.69, 9.17) is 14.5 Å². The van der Waals surface area contributed by atoms with Gasteiger partial charge in [-0.15, -0.1) is 0 Å². The fourth-order valence-corrected chi connectivity index (χ4v) is 7.27. The van der Waals surface area contributed by atoms with E-state index in [1.807, 2.05) is 23.1 Å². The zero-order valence-corrected chi connectivity index (χ0v) is 21.5. The molecule has 1 saturated heterocycles. The number of anilines is 1. The molecule has 2 fully saturated rings. The molecule has 1 aliphatic heterocycles. The summed E-state index contributed by atoms with van der Waals surface area (Å²) in [5, 5.41) is 19.7. The van der Waals surface area contributed by atoms with Crippen molar-refractivity contribution >= 4 is 38.4 Å². The van der Waals surface area contributed by atoms with Crippen LogP contribution in [0, 0.1) is 0 Å². The van der Waals surface area contributed by atoms with Crippen LogP contribution in [0.15, 0.2) is 53.4 Å². The molecule has 1 aromatic heterocycles. The Kier molecular flexibility index (Phi) is 6.73. The minimum Gasteiger partial charge on any atom is -0.507 e. The number of carbonyl (C=O) groups excluding carboxylic acids is 1. The van der Waals surface area contributed by atoms with E-state index in [1.54, 1.807) is 0 Å². The number of ketones is 1. The first-order valence-electron chi connectivity index (χ1n) is 11.9. The van der Waals surface area contributed by atoms with E-state index in [1.165, 1.54) is 21.9 Å². The second-order valence-corrected chi connectivity index (χ2v) is 11.9. The quantitative estimate of drug-likeness (QED) is 0.481. The van der Waals surface area contributed by atoms with Crippen LogP contribution >= 0.6 is 11.5 Å². The van der Waals surface area contributed by atoms with Crippen molar-refractivity contribution in [2.45, 2.75) is 36.0 Å². The molecule has 0 spiro atoms. The van der Waals surface area contributed by atoms with E-state index in [0.29, 0.717) is 49.7 Å². The Morgan fingerprint density at radius 2 is 1.68 bits per heavy atom. The third kappa shape index (κ3) is 4.72. The number of carboxylic acids is 1. The number of piperazine rings is 1. The van der Waals surface area contributed by atoms with E-state index in [9.17, 15) is 23.1 Å². The first-order valence-corrected chi connectivity index (χ1v) is 14.1. The number of aromatic nitrogens is 2. The smallest absolute Gasteiger partial charge is 0.339 e. The van der Waals surface area contributed by atoms with Crippen LogP contribution < -0.4 is 4.90 Å². The number of nitrogens with zero attached hydrogens (tertiary/aromatic N) is 4. The van der Waals surface area contributed by atoms with Crippen molar-refractivity contribution in [2.75, 3.05) is 31.1 Å². The monoisotopic (exact) mass is 542 g/mol. The summed E-state index contributed by atoms with van der Waals surface area (Å²) in [7, 11) is -3.91. The van der Waals surface area contributed by atoms with Crippen LogP contribution in [0.3, 0.4) is 0 Å². The Morgan fingerprint density at radius 3 is 2.30 bits per heavy atom. The summed E-state index contributed by atoms with van der Waals surface area (Å²) < 4.78 is 32.2. The Labute approximate surface area is 218 Å². The van der Waals surface area contributed by atoms with Gasteiger partial charge >= 0.3 is 5.97 Å². The number of Topliss-reactive ketones (excluding diaryl/α,β-unsaturated/α-hetero) is 1. The summed E-state index contributed by atoms with van der Waals surface area (Å²) in [5.41, 5.74) is 0.325. The van der Waals surface area contributed by atoms with Gasteiger partial charge in [-0.1, -0.05) is 30.3 Å². The maximum atomic E-state index is 13.1. The van der Waals surface area contributed by atoms with Gasteiger partial charge in [0.25, 0.3) is 0 Å². The van der Waals surface area contributed by atoms with Crippen molar-refractivity contribution in [3.05, 3.63) is 65.5 Å². The lowest BCUT2D eigenvalue weighted by atomic mass is 9.68. The zero-order valence-electron chi connectivity index (χ0n) is 19.9. The lowest BCUT2D eigenvalue weighted by Crippen LogP contribution is -2.48. The average Bonchev–Trinajstić information content (AvgIpc) is 3.40. The highest BCUT2D eigenvalue weighted by Gasteiger charge is 2.42. The molecule has 1 aliphatic carbocycles. The molecule has 0 unspecified atom stereocenters. The topological polar surface area (TPSA) is 141 Å². The highest BCUT2D eigenvalue weighted by molar-refractivity contribution is 7.89. The molecule has 10 nitrogen and oxygen atoms in total. The van der Waals surface area contributed by atoms with Crippen LogP contribution in [-0.2, 0) is 20.2 Å². The molecule has 2 heterocycles. The summed E-state index contributed by atoms with van der Waals surface area (Å²) >= 11 is 1.28. The zero-order chi connectivity index (χ0) is 26.2. The summed E-state index contributed by atoms with van der Waals surface area (Å²) in [6.45, 7) is 1.22. The molecule has 2 aromatic carbocycles. The summed E-state index contributed by atoms with van der Waals surface area (Å²) in [6.07, 6.45) is 2.29. The Morgan fingerprint density at radius 1 is 1.00 bits per heavy atom. The van der Waals surface area contributed by atoms with Gasteiger partial charge in [-0.3, -0.25) is 4.79 Å². The van der Waals surface area contributed by atoms with E-state index < -0.39 is 27.2 Å². The lowest BCUT2D eigenvalue weighted by Gasteiger charge is -2.35. The van der Waals surface area contributed by atoms with Crippen molar-refractivity contribution in [2.24, 2.45) is 0 Å². The number of hydrogen-bond donors (Lipinski definition) is 2. The number of rotatable bonds is 6. The Hall–Kier alpha value is -3.35. The van der Waals surface area contributed by atoms with Gasteiger partial charge in [0.2, 0.25) is 15.2 Å². The molecule has 2 N–H and O–H groups in total. The molecule has 0 bridgehead atoms. The molecule has 0 amide bonds. The van der Waals surface area contributed by atoms with Crippen LogP contribution in [0.4, 0.5) is 5.13 Å². The second-order valence-electron chi connectivity index (χ2n) is 9.26. The SMILES string of the molecule is O=C1CCC(c2ccccc2)(c2nsc(N3CCN(S(=O)(=O)c4ccc(C(=O)O)c(O)c4)CC3)n2)CC1. The lowest BCUT2D eigenvalue weighted by molar-refractivity contribution is -0.121. The van der Waals surface area contributed by atoms with E-state index in [-0.39, 0.29) is 29.3 Å². The number of aromatic hydroxyl groups is 1. The van der Waals surface area contributed by atoms with Crippen molar-refractivity contribution in [1.82, 2.24) is 13.7 Å². The number of benzene rings is 2. The minimum atomic E-state index is -3.91. The third-order valence-corrected chi connectivity index (χ3v) is 9.85. The van der Waals surface area contributed by atoms with Crippen molar-refractivity contribution in [3.8, 4) is 5.75 Å². The number of carboxylic acid groups (broad SMARTS) is 1. The fourth-order valence-electron chi connectivity index (χ4n) is 5.01. The summed E-state index contributed by atoms with van der Waals surface area (Å²) in [5.74, 6) is -0.966. The van der Waals surface area contributed by atoms with Crippen molar-refractivity contribution < 1.29 is 28.2 Å². The predicted octanol–water partition coefficient (Wildman–Crippen LogP) is 2.88. The summed E-state index contributed by atoms with van der Waals surface area (Å²) in [6, 6.07) is 13.3. The maximum Gasteiger partial charge on any atom is 0.339 e. The van der Waals surface area contributed by atoms with Crippen molar-refractivity contribution in [1.29, 1.82) is 0 Å². The molecule has 194 valence electrons. The van der Waals surface area contributed by atoms with Gasteiger partial charge < -0.3 is 15.1 Å². The number of sulfonamides is 1. The first kappa shape index (κ1) is 25.3. The van der Waals surface area contributed by atoms with Gasteiger partial charge in [0, 0.05) is 56.6 Å².